The maximum atomic E-state index is 14.5. The number of amides is 1. The molecule has 5 aromatic rings. The minimum atomic E-state index is -4.41. The minimum Gasteiger partial charge on any atom is -0.336 e. The van der Waals surface area contributed by atoms with Crippen LogP contribution in [-0.4, -0.2) is 46.5 Å². The van der Waals surface area contributed by atoms with Gasteiger partial charge in [-0.05, 0) is 73.0 Å². The summed E-state index contributed by atoms with van der Waals surface area (Å²) in [7, 11) is 0. The highest BCUT2D eigenvalue weighted by molar-refractivity contribution is 7.98. The number of nitrogens with zero attached hydrogens (tertiary/aromatic N) is 3. The fraction of sp³-hybridized carbons (Fsp3) is 0.263. The number of benzene rings is 4. The molecule has 6 rings (SSSR count). The van der Waals surface area contributed by atoms with Crippen molar-refractivity contribution >= 4 is 28.6 Å². The van der Waals surface area contributed by atoms with E-state index >= 15 is 0 Å². The summed E-state index contributed by atoms with van der Waals surface area (Å²) in [6, 6.07) is 24.8. The molecule has 2 heterocycles. The Morgan fingerprint density at radius 1 is 0.837 bits per heavy atom. The highest BCUT2D eigenvalue weighted by Gasteiger charge is 2.30. The summed E-state index contributed by atoms with van der Waals surface area (Å²) in [6.07, 6.45) is -2.20. The molecule has 254 valence electrons. The first kappa shape index (κ1) is 34.4. The fourth-order valence-corrected chi connectivity index (χ4v) is 7.10. The number of alkyl halides is 3. The lowest BCUT2D eigenvalue weighted by Crippen LogP contribution is -2.39. The molecule has 0 N–H and O–H groups in total. The van der Waals surface area contributed by atoms with Gasteiger partial charge in [0.2, 0.25) is 5.91 Å². The van der Waals surface area contributed by atoms with E-state index in [1.54, 1.807) is 33.7 Å². The summed E-state index contributed by atoms with van der Waals surface area (Å²) in [4.78, 5) is 31.3. The number of halogens is 5. The average molecular weight is 692 g/mol. The van der Waals surface area contributed by atoms with Gasteiger partial charge in [0.1, 0.15) is 6.54 Å². The van der Waals surface area contributed by atoms with Crippen molar-refractivity contribution in [3.8, 4) is 11.1 Å². The van der Waals surface area contributed by atoms with Crippen LogP contribution in [0.5, 0.6) is 0 Å². The third-order valence-corrected chi connectivity index (χ3v) is 9.88. The van der Waals surface area contributed by atoms with Crippen molar-refractivity contribution < 1.29 is 26.7 Å². The van der Waals surface area contributed by atoms with Crippen molar-refractivity contribution in [2.75, 3.05) is 26.2 Å². The molecule has 0 spiro atoms. The van der Waals surface area contributed by atoms with Crippen LogP contribution in [0, 0.1) is 11.6 Å². The number of carbonyl (C=O) groups is 1. The summed E-state index contributed by atoms with van der Waals surface area (Å²) < 4.78 is 69.3. The van der Waals surface area contributed by atoms with Crippen molar-refractivity contribution in [2.24, 2.45) is 0 Å². The van der Waals surface area contributed by atoms with Crippen LogP contribution in [0.15, 0.2) is 107 Å². The van der Waals surface area contributed by atoms with Gasteiger partial charge in [-0.3, -0.25) is 9.59 Å². The minimum absolute atomic E-state index is 0.0551. The number of pyridine rings is 1. The van der Waals surface area contributed by atoms with E-state index in [1.807, 2.05) is 24.3 Å². The molecule has 0 saturated carbocycles. The third-order valence-electron chi connectivity index (χ3n) is 8.79. The second-order valence-corrected chi connectivity index (χ2v) is 13.1. The second kappa shape index (κ2) is 15.0. The van der Waals surface area contributed by atoms with E-state index in [1.165, 1.54) is 30.3 Å². The fourth-order valence-electron chi connectivity index (χ4n) is 6.07. The molecule has 1 amide bonds. The molecule has 0 atom stereocenters. The monoisotopic (exact) mass is 691 g/mol. The Hall–Kier alpha value is -4.48. The summed E-state index contributed by atoms with van der Waals surface area (Å²) in [5.74, 6) is -2.03. The summed E-state index contributed by atoms with van der Waals surface area (Å²) >= 11 is 1.16. The lowest BCUT2D eigenvalue weighted by Gasteiger charge is -2.27. The molecule has 1 aromatic heterocycles. The summed E-state index contributed by atoms with van der Waals surface area (Å²) in [5.41, 5.74) is 2.02. The predicted molar refractivity (Wildman–Crippen MR) is 182 cm³/mol. The molecule has 0 radical (unpaired) electrons. The first-order valence-electron chi connectivity index (χ1n) is 16.0. The zero-order valence-corrected chi connectivity index (χ0v) is 27.4. The Balaban J connectivity index is 1.26. The van der Waals surface area contributed by atoms with Crippen LogP contribution in [0.25, 0.3) is 22.0 Å². The van der Waals surface area contributed by atoms with Crippen molar-refractivity contribution in [3.63, 3.8) is 0 Å². The predicted octanol–water partition coefficient (Wildman–Crippen LogP) is 8.38. The van der Waals surface area contributed by atoms with E-state index in [2.05, 4.69) is 4.90 Å². The molecule has 11 heteroatoms. The number of carbonyl (C=O) groups excluding carboxylic acids is 1. The van der Waals surface area contributed by atoms with E-state index in [4.69, 9.17) is 0 Å². The van der Waals surface area contributed by atoms with Gasteiger partial charge in [-0.15, -0.1) is 11.8 Å². The van der Waals surface area contributed by atoms with E-state index in [0.717, 1.165) is 67.0 Å². The van der Waals surface area contributed by atoms with Crippen LogP contribution < -0.4 is 5.43 Å². The van der Waals surface area contributed by atoms with Gasteiger partial charge in [-0.2, -0.15) is 13.2 Å². The van der Waals surface area contributed by atoms with Crippen molar-refractivity contribution in [2.45, 2.75) is 42.9 Å². The highest BCUT2D eigenvalue weighted by Crippen LogP contribution is 2.31. The Kier molecular flexibility index (Phi) is 10.5. The normalized spacial score (nSPS) is 13.7. The maximum absolute atomic E-state index is 14.5. The van der Waals surface area contributed by atoms with E-state index in [-0.39, 0.29) is 29.2 Å². The van der Waals surface area contributed by atoms with Gasteiger partial charge in [0.25, 0.3) is 0 Å². The molecule has 49 heavy (non-hydrogen) atoms. The first-order chi connectivity index (χ1) is 23.6. The number of hydrogen-bond acceptors (Lipinski definition) is 4. The number of para-hydroxylation sites is 1. The van der Waals surface area contributed by atoms with E-state index in [0.29, 0.717) is 41.1 Å². The molecule has 1 aliphatic heterocycles. The molecule has 4 aromatic carbocycles. The molecule has 0 unspecified atom stereocenters. The number of hydrogen-bond donors (Lipinski definition) is 0. The van der Waals surface area contributed by atoms with Gasteiger partial charge in [-0.1, -0.05) is 60.7 Å². The largest absolute Gasteiger partial charge is 0.416 e. The molecule has 1 saturated heterocycles. The topological polar surface area (TPSA) is 45.6 Å². The maximum Gasteiger partial charge on any atom is 0.416 e. The van der Waals surface area contributed by atoms with Crippen molar-refractivity contribution in [3.05, 3.63) is 136 Å². The Labute approximate surface area is 285 Å². The van der Waals surface area contributed by atoms with Crippen molar-refractivity contribution in [1.82, 2.24) is 14.4 Å². The molecule has 1 fully saturated rings. The number of likely N-dealkylation sites (tertiary alicyclic amines) is 1. The van der Waals surface area contributed by atoms with Gasteiger partial charge in [-0.25, -0.2) is 8.78 Å². The Morgan fingerprint density at radius 2 is 1.51 bits per heavy atom. The van der Waals surface area contributed by atoms with Gasteiger partial charge in [0.05, 0.1) is 16.1 Å². The van der Waals surface area contributed by atoms with Gasteiger partial charge >= 0.3 is 6.18 Å². The highest BCUT2D eigenvalue weighted by atomic mass is 32.2. The van der Waals surface area contributed by atoms with E-state index in [9.17, 15) is 31.5 Å². The van der Waals surface area contributed by atoms with E-state index < -0.39 is 23.4 Å². The molecule has 0 bridgehead atoms. The molecule has 1 aliphatic rings. The average Bonchev–Trinajstić information content (AvgIpc) is 3.62. The van der Waals surface area contributed by atoms with Crippen LogP contribution in [0.1, 0.15) is 29.5 Å². The number of rotatable bonds is 11. The molecule has 0 aliphatic carbocycles. The summed E-state index contributed by atoms with van der Waals surface area (Å²) in [5, 5.41) is 0.903. The van der Waals surface area contributed by atoms with Gasteiger partial charge in [0.15, 0.2) is 17.1 Å². The van der Waals surface area contributed by atoms with Crippen LogP contribution in [0.4, 0.5) is 22.0 Å². The van der Waals surface area contributed by atoms with Crippen LogP contribution in [0.3, 0.4) is 0 Å². The molecule has 5 nitrogen and oxygen atoms in total. The summed E-state index contributed by atoms with van der Waals surface area (Å²) in [6.45, 7) is 3.31. The van der Waals surface area contributed by atoms with Crippen molar-refractivity contribution in [1.29, 1.82) is 0 Å². The lowest BCUT2D eigenvalue weighted by atomic mass is 10.0. The number of aromatic nitrogens is 1. The zero-order chi connectivity index (χ0) is 34.5. The quantitative estimate of drug-likeness (QED) is 0.103. The molecular weight excluding hydrogens is 657 g/mol. The standard InChI is InChI=1S/C38H34F5N3O2S/c39-32-8-5-6-29(37(32)40)25-49-36-22-34(47)31-7-1-2-9-33(31)46(36)24-35(48)45(21-20-44-18-3-4-19-44)23-26-10-12-27(13-11-26)28-14-16-30(17-15-28)38(41,42)43/h1-2,5-17,22H,3-4,18-21,23-25H2. The lowest BCUT2D eigenvalue weighted by molar-refractivity contribution is -0.137. The second-order valence-electron chi connectivity index (χ2n) is 12.1. The third kappa shape index (κ3) is 8.22. The van der Waals surface area contributed by atoms with Crippen LogP contribution in [0.2, 0.25) is 0 Å². The molecular formula is C38H34F5N3O2S. The van der Waals surface area contributed by atoms with Gasteiger partial charge in [0, 0.05) is 42.4 Å². The van der Waals surface area contributed by atoms with Crippen LogP contribution >= 0.6 is 11.8 Å². The smallest absolute Gasteiger partial charge is 0.336 e. The Morgan fingerprint density at radius 3 is 2.20 bits per heavy atom. The Bertz CT molecular complexity index is 1990. The first-order valence-corrected chi connectivity index (χ1v) is 17.0. The van der Waals surface area contributed by atoms with Gasteiger partial charge < -0.3 is 14.4 Å². The number of fused-ring (bicyclic) bond motifs is 1. The zero-order valence-electron chi connectivity index (χ0n) is 26.6. The number of thioether (sulfide) groups is 1. The SMILES string of the molecule is O=C(Cn1c(SCc2cccc(F)c2F)cc(=O)c2ccccc21)N(CCN1CCCC1)Cc1ccc(-c2ccc(C(F)(F)F)cc2)cc1. The van der Waals surface area contributed by atoms with Crippen LogP contribution in [-0.2, 0) is 29.8 Å².